The molecule has 0 aliphatic carbocycles. The van der Waals surface area contributed by atoms with Gasteiger partial charge in [0, 0.05) is 25.5 Å². The highest BCUT2D eigenvalue weighted by molar-refractivity contribution is 6.32. The van der Waals surface area contributed by atoms with Gasteiger partial charge in [0.05, 0.1) is 17.4 Å². The average Bonchev–Trinajstić information content (AvgIpc) is 3.08. The van der Waals surface area contributed by atoms with Gasteiger partial charge in [0.1, 0.15) is 5.75 Å². The van der Waals surface area contributed by atoms with Crippen LogP contribution in [0.5, 0.6) is 5.75 Å². The fraction of sp³-hybridized carbons (Fsp3) is 0.375. The Hall–Kier alpha value is -2.01. The maximum absolute atomic E-state index is 12.3. The molecule has 0 radical (unpaired) electrons. The molecule has 22 heavy (non-hydrogen) atoms. The fourth-order valence-electron chi connectivity index (χ4n) is 2.70. The van der Waals surface area contributed by atoms with Gasteiger partial charge < -0.3 is 14.2 Å². The smallest absolute Gasteiger partial charge is 0.260 e. The van der Waals surface area contributed by atoms with E-state index in [9.17, 15) is 4.79 Å². The third-order valence-corrected chi connectivity index (χ3v) is 4.20. The molecule has 0 bridgehead atoms. The van der Waals surface area contributed by atoms with Crippen molar-refractivity contribution in [1.29, 1.82) is 0 Å². The Morgan fingerprint density at radius 1 is 1.41 bits per heavy atom. The molecule has 0 saturated carbocycles. The number of carbonyl (C=O) groups is 1. The molecule has 3 rings (SSSR count). The van der Waals surface area contributed by atoms with Gasteiger partial charge in [-0.15, -0.1) is 0 Å². The van der Waals surface area contributed by atoms with Crippen molar-refractivity contribution in [3.05, 3.63) is 48.0 Å². The Labute approximate surface area is 134 Å². The lowest BCUT2D eigenvalue weighted by molar-refractivity contribution is -0.135. The molecule has 2 heterocycles. The molecule has 1 aliphatic rings. The van der Waals surface area contributed by atoms with Gasteiger partial charge in [0.25, 0.3) is 5.91 Å². The summed E-state index contributed by atoms with van der Waals surface area (Å²) >= 11 is 6.02. The van der Waals surface area contributed by atoms with Crippen LogP contribution in [0.4, 0.5) is 0 Å². The van der Waals surface area contributed by atoms with Crippen molar-refractivity contribution in [2.75, 3.05) is 19.7 Å². The highest BCUT2D eigenvalue weighted by Gasteiger charge is 2.24. The Morgan fingerprint density at radius 2 is 2.27 bits per heavy atom. The molecule has 116 valence electrons. The van der Waals surface area contributed by atoms with E-state index in [4.69, 9.17) is 16.3 Å². The first-order chi connectivity index (χ1) is 10.7. The summed E-state index contributed by atoms with van der Waals surface area (Å²) in [4.78, 5) is 18.3. The van der Waals surface area contributed by atoms with Crippen molar-refractivity contribution in [2.24, 2.45) is 0 Å². The quantitative estimate of drug-likeness (QED) is 0.870. The number of imidazole rings is 1. The number of benzene rings is 1. The molecular formula is C16H18ClN3O2. The van der Waals surface area contributed by atoms with Crippen molar-refractivity contribution in [2.45, 2.75) is 18.9 Å². The maximum atomic E-state index is 12.3. The van der Waals surface area contributed by atoms with Crippen LogP contribution in [-0.2, 0) is 4.79 Å². The predicted molar refractivity (Wildman–Crippen MR) is 84.0 cm³/mol. The van der Waals surface area contributed by atoms with Crippen LogP contribution in [0.3, 0.4) is 0 Å². The van der Waals surface area contributed by atoms with Crippen molar-refractivity contribution < 1.29 is 9.53 Å². The number of halogens is 1. The lowest BCUT2D eigenvalue weighted by Gasteiger charge is -2.33. The minimum absolute atomic E-state index is 0.00950. The largest absolute Gasteiger partial charge is 0.482 e. The van der Waals surface area contributed by atoms with E-state index in [-0.39, 0.29) is 12.5 Å². The zero-order chi connectivity index (χ0) is 15.4. The molecule has 5 nitrogen and oxygen atoms in total. The van der Waals surface area contributed by atoms with Crippen LogP contribution >= 0.6 is 11.6 Å². The van der Waals surface area contributed by atoms with Crippen molar-refractivity contribution >= 4 is 17.5 Å². The highest BCUT2D eigenvalue weighted by atomic mass is 35.5. The molecule has 0 N–H and O–H groups in total. The van der Waals surface area contributed by atoms with Gasteiger partial charge in [0.2, 0.25) is 0 Å². The normalized spacial score (nSPS) is 18.2. The second kappa shape index (κ2) is 6.83. The Kier molecular flexibility index (Phi) is 4.63. The number of aromatic nitrogens is 2. The van der Waals surface area contributed by atoms with Gasteiger partial charge >= 0.3 is 0 Å². The predicted octanol–water partition coefficient (Wildman–Crippen LogP) is 2.78. The van der Waals surface area contributed by atoms with Gasteiger partial charge in [-0.05, 0) is 25.0 Å². The van der Waals surface area contributed by atoms with Crippen molar-refractivity contribution in [3.8, 4) is 5.75 Å². The summed E-state index contributed by atoms with van der Waals surface area (Å²) in [5, 5.41) is 0.519. The van der Waals surface area contributed by atoms with E-state index in [1.54, 1.807) is 24.7 Å². The fourth-order valence-corrected chi connectivity index (χ4v) is 2.89. The zero-order valence-electron chi connectivity index (χ0n) is 12.2. The van der Waals surface area contributed by atoms with Crippen LogP contribution < -0.4 is 4.74 Å². The molecule has 1 aromatic carbocycles. The van der Waals surface area contributed by atoms with Crippen LogP contribution in [0.25, 0.3) is 0 Å². The number of amides is 1. The molecule has 6 heteroatoms. The lowest BCUT2D eigenvalue weighted by atomic mass is 10.1. The summed E-state index contributed by atoms with van der Waals surface area (Å²) in [6.45, 7) is 1.48. The van der Waals surface area contributed by atoms with E-state index in [2.05, 4.69) is 9.55 Å². The molecule has 1 fully saturated rings. The molecular weight excluding hydrogens is 302 g/mol. The Morgan fingerprint density at radius 3 is 3.05 bits per heavy atom. The molecule has 1 aromatic heterocycles. The number of rotatable bonds is 4. The second-order valence-electron chi connectivity index (χ2n) is 5.36. The van der Waals surface area contributed by atoms with Crippen LogP contribution in [0.2, 0.25) is 5.02 Å². The van der Waals surface area contributed by atoms with E-state index in [0.717, 1.165) is 19.4 Å². The minimum Gasteiger partial charge on any atom is -0.482 e. The first kappa shape index (κ1) is 14.9. The van der Waals surface area contributed by atoms with E-state index in [0.29, 0.717) is 23.4 Å². The summed E-state index contributed by atoms with van der Waals surface area (Å²) in [6, 6.07) is 7.47. The van der Waals surface area contributed by atoms with Gasteiger partial charge in [0.15, 0.2) is 6.61 Å². The van der Waals surface area contributed by atoms with E-state index in [1.165, 1.54) is 0 Å². The van der Waals surface area contributed by atoms with Crippen molar-refractivity contribution in [3.63, 3.8) is 0 Å². The number of carbonyl (C=O) groups excluding carboxylic acids is 1. The van der Waals surface area contributed by atoms with Gasteiger partial charge in [-0.25, -0.2) is 4.98 Å². The number of hydrogen-bond acceptors (Lipinski definition) is 3. The molecule has 2 aromatic rings. The molecule has 1 saturated heterocycles. The highest BCUT2D eigenvalue weighted by Crippen LogP contribution is 2.24. The lowest BCUT2D eigenvalue weighted by Crippen LogP contribution is -2.42. The number of likely N-dealkylation sites (tertiary alicyclic amines) is 1. The van der Waals surface area contributed by atoms with Crippen molar-refractivity contribution in [1.82, 2.24) is 14.5 Å². The first-order valence-electron chi connectivity index (χ1n) is 7.36. The number of nitrogens with zero attached hydrogens (tertiary/aromatic N) is 3. The maximum Gasteiger partial charge on any atom is 0.260 e. The molecule has 0 unspecified atom stereocenters. The van der Waals surface area contributed by atoms with Crippen LogP contribution in [0.15, 0.2) is 43.0 Å². The third kappa shape index (κ3) is 3.42. The number of para-hydroxylation sites is 1. The monoisotopic (exact) mass is 319 g/mol. The van der Waals surface area contributed by atoms with Crippen LogP contribution in [-0.4, -0.2) is 40.1 Å². The minimum atomic E-state index is -0.00950. The summed E-state index contributed by atoms with van der Waals surface area (Å²) in [5.41, 5.74) is 0. The summed E-state index contributed by atoms with van der Waals surface area (Å²) in [6.07, 6.45) is 7.56. The van der Waals surface area contributed by atoms with Gasteiger partial charge in [-0.2, -0.15) is 0 Å². The summed E-state index contributed by atoms with van der Waals surface area (Å²) < 4.78 is 7.60. The molecule has 1 atom stereocenters. The number of piperidine rings is 1. The third-order valence-electron chi connectivity index (χ3n) is 3.88. The second-order valence-corrected chi connectivity index (χ2v) is 5.77. The van der Waals surface area contributed by atoms with Crippen LogP contribution in [0, 0.1) is 0 Å². The zero-order valence-corrected chi connectivity index (χ0v) is 12.9. The SMILES string of the molecule is O=C(COc1ccccc1Cl)N1CCC[C@H](n2ccnc2)C1. The summed E-state index contributed by atoms with van der Waals surface area (Å²) in [5.74, 6) is 0.533. The van der Waals surface area contributed by atoms with E-state index in [1.807, 2.05) is 23.2 Å². The van der Waals surface area contributed by atoms with Gasteiger partial charge in [-0.3, -0.25) is 4.79 Å². The van der Waals surface area contributed by atoms with E-state index < -0.39 is 0 Å². The Balaban J connectivity index is 1.57. The Bertz CT molecular complexity index is 630. The average molecular weight is 320 g/mol. The standard InChI is InChI=1S/C16H18ClN3O2/c17-14-5-1-2-6-15(14)22-11-16(21)19-8-3-4-13(10-19)20-9-7-18-12-20/h1-2,5-7,9,12-13H,3-4,8,10-11H2/t13-/m0/s1. The summed E-state index contributed by atoms with van der Waals surface area (Å²) in [7, 11) is 0. The first-order valence-corrected chi connectivity index (χ1v) is 7.74. The topological polar surface area (TPSA) is 47.4 Å². The number of hydrogen-bond donors (Lipinski definition) is 0. The molecule has 1 amide bonds. The number of ether oxygens (including phenoxy) is 1. The molecule has 0 spiro atoms. The van der Waals surface area contributed by atoms with Crippen LogP contribution in [0.1, 0.15) is 18.9 Å². The van der Waals surface area contributed by atoms with Gasteiger partial charge in [-0.1, -0.05) is 23.7 Å². The van der Waals surface area contributed by atoms with E-state index >= 15 is 0 Å². The molecule has 1 aliphatic heterocycles.